The number of hydrogen-bond donors (Lipinski definition) is 1. The van der Waals surface area contributed by atoms with Crippen LogP contribution in [-0.2, 0) is 14.8 Å². The normalized spacial score (nSPS) is 19.2. The molecular weight excluding hydrogens is 454 g/mol. The summed E-state index contributed by atoms with van der Waals surface area (Å²) in [5.74, 6) is -0.218. The molecule has 1 aromatic heterocycles. The highest BCUT2D eigenvalue weighted by molar-refractivity contribution is 7.89. The van der Waals surface area contributed by atoms with E-state index in [4.69, 9.17) is 20.8 Å². The van der Waals surface area contributed by atoms with Crippen molar-refractivity contribution in [2.75, 3.05) is 45.9 Å². The smallest absolute Gasteiger partial charge is 0.287 e. The van der Waals surface area contributed by atoms with Crippen molar-refractivity contribution in [1.82, 2.24) is 14.5 Å². The Kier molecular flexibility index (Phi) is 7.21. The van der Waals surface area contributed by atoms with Crippen LogP contribution >= 0.6 is 11.6 Å². The van der Waals surface area contributed by atoms with Crippen molar-refractivity contribution >= 4 is 27.5 Å². The van der Waals surface area contributed by atoms with Crippen LogP contribution in [0.4, 0.5) is 0 Å². The molecule has 0 spiro atoms. The topological polar surface area (TPSA) is 92.1 Å². The van der Waals surface area contributed by atoms with Crippen molar-refractivity contribution in [1.29, 1.82) is 0 Å². The summed E-state index contributed by atoms with van der Waals surface area (Å²) < 4.78 is 38.2. The van der Waals surface area contributed by atoms with Crippen LogP contribution in [0.25, 0.3) is 0 Å². The number of carbonyl (C=O) groups is 1. The van der Waals surface area contributed by atoms with Gasteiger partial charge in [-0.05, 0) is 37.5 Å². The summed E-state index contributed by atoms with van der Waals surface area (Å²) in [7, 11) is -3.65. The third-order valence-electron chi connectivity index (χ3n) is 5.98. The molecule has 4 rings (SSSR count). The Labute approximate surface area is 193 Å². The first-order valence-electron chi connectivity index (χ1n) is 10.8. The predicted octanol–water partition coefficient (Wildman–Crippen LogP) is 2.83. The van der Waals surface area contributed by atoms with Crippen molar-refractivity contribution < 1.29 is 22.4 Å². The number of ether oxygens (including phenoxy) is 1. The van der Waals surface area contributed by atoms with Gasteiger partial charge in [0.25, 0.3) is 5.91 Å². The van der Waals surface area contributed by atoms with E-state index in [0.717, 1.165) is 31.5 Å². The molecule has 1 N–H and O–H groups in total. The number of carbonyl (C=O) groups excluding carboxylic acids is 1. The highest BCUT2D eigenvalue weighted by Crippen LogP contribution is 2.27. The summed E-state index contributed by atoms with van der Waals surface area (Å²) in [5.41, 5.74) is 1.03. The highest BCUT2D eigenvalue weighted by atomic mass is 35.5. The van der Waals surface area contributed by atoms with E-state index in [2.05, 4.69) is 10.2 Å². The lowest BCUT2D eigenvalue weighted by Crippen LogP contribution is -2.43. The number of halogens is 1. The van der Waals surface area contributed by atoms with Crippen molar-refractivity contribution in [2.24, 2.45) is 0 Å². The number of rotatable bonds is 7. The van der Waals surface area contributed by atoms with E-state index in [1.807, 2.05) is 24.3 Å². The number of aryl methyl sites for hydroxylation is 1. The van der Waals surface area contributed by atoms with Crippen LogP contribution in [-0.4, -0.2) is 69.5 Å². The van der Waals surface area contributed by atoms with Gasteiger partial charge >= 0.3 is 0 Å². The van der Waals surface area contributed by atoms with E-state index < -0.39 is 15.9 Å². The van der Waals surface area contributed by atoms with Crippen LogP contribution < -0.4 is 5.32 Å². The number of nitrogens with one attached hydrogen (secondary N) is 1. The van der Waals surface area contributed by atoms with Gasteiger partial charge in [0.1, 0.15) is 10.7 Å². The molecule has 1 unspecified atom stereocenters. The van der Waals surface area contributed by atoms with E-state index in [-0.39, 0.29) is 22.5 Å². The number of hydrogen-bond acceptors (Lipinski definition) is 6. The van der Waals surface area contributed by atoms with Crippen molar-refractivity contribution in [3.63, 3.8) is 0 Å². The zero-order chi connectivity index (χ0) is 22.7. The van der Waals surface area contributed by atoms with E-state index in [1.165, 1.54) is 10.4 Å². The molecule has 2 aliphatic rings. The molecule has 174 valence electrons. The third-order valence-corrected chi connectivity index (χ3v) is 8.23. The average molecular weight is 482 g/mol. The first kappa shape index (κ1) is 23.3. The summed E-state index contributed by atoms with van der Waals surface area (Å²) in [6.45, 7) is 5.68. The molecule has 3 heterocycles. The Morgan fingerprint density at radius 1 is 1.12 bits per heavy atom. The molecule has 8 nitrogen and oxygen atoms in total. The van der Waals surface area contributed by atoms with Gasteiger partial charge in [-0.3, -0.25) is 9.69 Å². The summed E-state index contributed by atoms with van der Waals surface area (Å²) in [5, 5.41) is 3.56. The predicted molar refractivity (Wildman–Crippen MR) is 120 cm³/mol. The van der Waals surface area contributed by atoms with Gasteiger partial charge in [-0.1, -0.05) is 23.7 Å². The minimum absolute atomic E-state index is 0.00268. The van der Waals surface area contributed by atoms with Crippen LogP contribution in [0.15, 0.2) is 39.6 Å². The summed E-state index contributed by atoms with van der Waals surface area (Å²) in [4.78, 5) is 15.2. The second-order valence-electron chi connectivity index (χ2n) is 8.07. The first-order valence-corrected chi connectivity index (χ1v) is 12.6. The lowest BCUT2D eigenvalue weighted by atomic mass is 10.0. The van der Waals surface area contributed by atoms with Crippen LogP contribution in [0.1, 0.15) is 40.8 Å². The average Bonchev–Trinajstić information content (AvgIpc) is 3.46. The molecule has 2 saturated heterocycles. The molecule has 2 aliphatic heterocycles. The Morgan fingerprint density at radius 2 is 1.78 bits per heavy atom. The van der Waals surface area contributed by atoms with Crippen LogP contribution in [0.2, 0.25) is 5.02 Å². The molecule has 32 heavy (non-hydrogen) atoms. The summed E-state index contributed by atoms with van der Waals surface area (Å²) in [6.07, 6.45) is 1.69. The zero-order valence-corrected chi connectivity index (χ0v) is 19.6. The van der Waals surface area contributed by atoms with Gasteiger partial charge in [-0.2, -0.15) is 4.31 Å². The quantitative estimate of drug-likeness (QED) is 0.653. The number of morpholine rings is 1. The molecular formula is C22H28ClN3O5S. The molecule has 0 saturated carbocycles. The van der Waals surface area contributed by atoms with Crippen LogP contribution in [0, 0.1) is 6.92 Å². The fraction of sp³-hybridized carbons (Fsp3) is 0.500. The lowest BCUT2D eigenvalue weighted by Gasteiger charge is -2.34. The number of amides is 1. The molecule has 0 bridgehead atoms. The Balaban J connectivity index is 1.49. The number of furan rings is 1. The van der Waals surface area contributed by atoms with Crippen molar-refractivity contribution in [3.05, 3.63) is 52.4 Å². The standard InChI is InChI=1S/C22H28ClN3O5S/c1-16-21(32(28,29)26-8-2-3-9-26)14-20(31-16)22(27)24-15-19(25-10-12-30-13-11-25)17-4-6-18(23)7-5-17/h4-7,14,19H,2-3,8-13,15H2,1H3,(H,24,27). The Hall–Kier alpha value is -1.91. The van der Waals surface area contributed by atoms with Gasteiger partial charge in [-0.15, -0.1) is 0 Å². The van der Waals surface area contributed by atoms with Gasteiger partial charge in [0.15, 0.2) is 5.76 Å². The number of sulfonamides is 1. The number of nitrogens with zero attached hydrogens (tertiary/aromatic N) is 2. The van der Waals surface area contributed by atoms with E-state index in [0.29, 0.717) is 37.9 Å². The van der Waals surface area contributed by atoms with Gasteiger partial charge < -0.3 is 14.5 Å². The van der Waals surface area contributed by atoms with Gasteiger partial charge in [0.2, 0.25) is 10.0 Å². The third kappa shape index (κ3) is 5.02. The minimum Gasteiger partial charge on any atom is -0.455 e. The largest absolute Gasteiger partial charge is 0.455 e. The molecule has 0 radical (unpaired) electrons. The van der Waals surface area contributed by atoms with Crippen molar-refractivity contribution in [3.8, 4) is 0 Å². The maximum atomic E-state index is 12.9. The Morgan fingerprint density at radius 3 is 2.44 bits per heavy atom. The molecule has 1 aromatic carbocycles. The van der Waals surface area contributed by atoms with Crippen LogP contribution in [0.5, 0.6) is 0 Å². The summed E-state index contributed by atoms with van der Waals surface area (Å²) >= 11 is 6.04. The SMILES string of the molecule is Cc1oc(C(=O)NCC(c2ccc(Cl)cc2)N2CCOCC2)cc1S(=O)(=O)N1CCCC1. The second-order valence-corrected chi connectivity index (χ2v) is 10.4. The van der Waals surface area contributed by atoms with E-state index in [9.17, 15) is 13.2 Å². The zero-order valence-electron chi connectivity index (χ0n) is 18.0. The first-order chi connectivity index (χ1) is 15.4. The van der Waals surface area contributed by atoms with Gasteiger partial charge in [0.05, 0.1) is 19.3 Å². The molecule has 10 heteroatoms. The minimum atomic E-state index is -3.65. The van der Waals surface area contributed by atoms with Crippen LogP contribution in [0.3, 0.4) is 0 Å². The van der Waals surface area contributed by atoms with Crippen molar-refractivity contribution in [2.45, 2.75) is 30.7 Å². The fourth-order valence-corrected chi connectivity index (χ4v) is 6.01. The lowest BCUT2D eigenvalue weighted by molar-refractivity contribution is 0.0161. The molecule has 0 aliphatic carbocycles. The maximum Gasteiger partial charge on any atom is 0.287 e. The molecule has 1 atom stereocenters. The maximum absolute atomic E-state index is 12.9. The second kappa shape index (κ2) is 9.93. The van der Waals surface area contributed by atoms with Gasteiger partial charge in [0, 0.05) is 43.8 Å². The monoisotopic (exact) mass is 481 g/mol. The molecule has 1 amide bonds. The van der Waals surface area contributed by atoms with E-state index >= 15 is 0 Å². The fourth-order valence-electron chi connectivity index (χ4n) is 4.21. The van der Waals surface area contributed by atoms with Gasteiger partial charge in [-0.25, -0.2) is 8.42 Å². The number of benzene rings is 1. The molecule has 2 fully saturated rings. The molecule has 2 aromatic rings. The van der Waals surface area contributed by atoms with E-state index in [1.54, 1.807) is 6.92 Å². The summed E-state index contributed by atoms with van der Waals surface area (Å²) in [6, 6.07) is 8.84. The Bertz CT molecular complexity index is 1040. The highest BCUT2D eigenvalue weighted by Gasteiger charge is 2.32.